The maximum atomic E-state index is 13.5. The molecule has 3 unspecified atom stereocenters. The van der Waals surface area contributed by atoms with E-state index in [1.807, 2.05) is 47.4 Å². The number of carboxylic acids is 1. The van der Waals surface area contributed by atoms with Crippen LogP contribution in [0.5, 0.6) is 17.2 Å². The predicted octanol–water partition coefficient (Wildman–Crippen LogP) is 3.50. The molecule has 212 valence electrons. The Labute approximate surface area is 230 Å². The first-order valence-electron chi connectivity index (χ1n) is 13.9. The number of fused-ring (bicyclic) bond motifs is 1. The maximum Gasteiger partial charge on any atom is 0.308 e. The third kappa shape index (κ3) is 6.83. The second-order valence-electron chi connectivity index (χ2n) is 10.3. The summed E-state index contributed by atoms with van der Waals surface area (Å²) >= 11 is 0. The van der Waals surface area contributed by atoms with E-state index in [0.717, 1.165) is 36.1 Å². The number of rotatable bonds is 14. The number of hydrogen-bond acceptors (Lipinski definition) is 7. The van der Waals surface area contributed by atoms with Gasteiger partial charge in [-0.3, -0.25) is 14.5 Å². The number of unbranched alkanes of at least 4 members (excludes halogenated alkanes) is 1. The summed E-state index contributed by atoms with van der Waals surface area (Å²) in [6.45, 7) is 4.73. The van der Waals surface area contributed by atoms with Crippen molar-refractivity contribution < 1.29 is 28.9 Å². The number of aliphatic carboxylic acids is 1. The van der Waals surface area contributed by atoms with Crippen molar-refractivity contribution in [2.75, 3.05) is 46.6 Å². The average Bonchev–Trinajstić information content (AvgIpc) is 3.56. The number of benzene rings is 2. The number of likely N-dealkylation sites (tertiary alicyclic amines) is 1. The van der Waals surface area contributed by atoms with E-state index in [1.54, 1.807) is 7.11 Å². The molecular formula is C30H41N3O6. The van der Waals surface area contributed by atoms with Crippen molar-refractivity contribution >= 4 is 11.9 Å². The molecule has 1 fully saturated rings. The Bertz CT molecular complexity index is 1120. The van der Waals surface area contributed by atoms with Crippen LogP contribution in [0.2, 0.25) is 0 Å². The van der Waals surface area contributed by atoms with Crippen LogP contribution in [0.3, 0.4) is 0 Å². The highest BCUT2D eigenvalue weighted by molar-refractivity contribution is 5.79. The van der Waals surface area contributed by atoms with E-state index in [2.05, 4.69) is 11.8 Å². The number of para-hydroxylation sites is 1. The zero-order valence-corrected chi connectivity index (χ0v) is 23.0. The number of nitrogens with zero attached hydrogens (tertiary/aromatic N) is 2. The zero-order valence-electron chi connectivity index (χ0n) is 23.0. The molecule has 0 radical (unpaired) electrons. The first-order chi connectivity index (χ1) is 19.0. The highest BCUT2D eigenvalue weighted by Crippen LogP contribution is 2.43. The second-order valence-corrected chi connectivity index (χ2v) is 10.3. The van der Waals surface area contributed by atoms with Crippen LogP contribution < -0.4 is 19.9 Å². The quantitative estimate of drug-likeness (QED) is 0.375. The van der Waals surface area contributed by atoms with Crippen LogP contribution in [0, 0.1) is 5.92 Å². The van der Waals surface area contributed by atoms with Gasteiger partial charge in [-0.1, -0.05) is 37.6 Å². The van der Waals surface area contributed by atoms with Crippen LogP contribution in [0.25, 0.3) is 0 Å². The van der Waals surface area contributed by atoms with Crippen LogP contribution in [-0.2, 0) is 16.0 Å². The summed E-state index contributed by atoms with van der Waals surface area (Å²) < 4.78 is 16.6. The fourth-order valence-corrected chi connectivity index (χ4v) is 5.81. The first kappa shape index (κ1) is 28.7. The molecule has 3 N–H and O–H groups in total. The van der Waals surface area contributed by atoms with E-state index in [9.17, 15) is 14.7 Å². The largest absolute Gasteiger partial charge is 0.496 e. The van der Waals surface area contributed by atoms with Gasteiger partial charge in [0.15, 0.2) is 11.5 Å². The molecule has 39 heavy (non-hydrogen) atoms. The van der Waals surface area contributed by atoms with Crippen molar-refractivity contribution in [3.63, 3.8) is 0 Å². The fourth-order valence-electron chi connectivity index (χ4n) is 5.81. The molecule has 2 aromatic carbocycles. The summed E-state index contributed by atoms with van der Waals surface area (Å²) in [5.74, 6) is 0.267. The van der Waals surface area contributed by atoms with E-state index >= 15 is 0 Å². The average molecular weight is 540 g/mol. The third-order valence-corrected chi connectivity index (χ3v) is 7.86. The molecule has 1 saturated heterocycles. The van der Waals surface area contributed by atoms with Gasteiger partial charge in [-0.15, -0.1) is 0 Å². The van der Waals surface area contributed by atoms with Crippen LogP contribution >= 0.6 is 0 Å². The smallest absolute Gasteiger partial charge is 0.308 e. The van der Waals surface area contributed by atoms with Crippen LogP contribution in [0.4, 0.5) is 0 Å². The molecule has 9 nitrogen and oxygen atoms in total. The Morgan fingerprint density at radius 3 is 2.64 bits per heavy atom. The monoisotopic (exact) mass is 539 g/mol. The summed E-state index contributed by atoms with van der Waals surface area (Å²) in [5, 5.41) is 10.5. The van der Waals surface area contributed by atoms with E-state index in [-0.39, 0.29) is 31.2 Å². The summed E-state index contributed by atoms with van der Waals surface area (Å²) in [5.41, 5.74) is 7.65. The highest BCUT2D eigenvalue weighted by Gasteiger charge is 2.47. The van der Waals surface area contributed by atoms with Gasteiger partial charge in [0, 0.05) is 31.6 Å². The van der Waals surface area contributed by atoms with Gasteiger partial charge in [-0.2, -0.15) is 0 Å². The van der Waals surface area contributed by atoms with Gasteiger partial charge in [0.1, 0.15) is 5.75 Å². The molecule has 2 aliphatic heterocycles. The van der Waals surface area contributed by atoms with Crippen molar-refractivity contribution in [2.24, 2.45) is 11.7 Å². The Kier molecular flexibility index (Phi) is 10.1. The fraction of sp³-hybridized carbons (Fsp3) is 0.533. The topological polar surface area (TPSA) is 115 Å². The van der Waals surface area contributed by atoms with Gasteiger partial charge < -0.3 is 30.0 Å². The van der Waals surface area contributed by atoms with Crippen LogP contribution in [-0.4, -0.2) is 79.5 Å². The lowest BCUT2D eigenvalue weighted by Gasteiger charge is -2.30. The van der Waals surface area contributed by atoms with E-state index in [1.165, 1.54) is 0 Å². The van der Waals surface area contributed by atoms with Gasteiger partial charge in [0.25, 0.3) is 0 Å². The summed E-state index contributed by atoms with van der Waals surface area (Å²) in [7, 11) is 1.64. The predicted molar refractivity (Wildman–Crippen MR) is 148 cm³/mol. The number of carbonyl (C=O) groups excluding carboxylic acids is 1. The van der Waals surface area contributed by atoms with Crippen LogP contribution in [0.15, 0.2) is 42.5 Å². The molecule has 9 heteroatoms. The Morgan fingerprint density at radius 1 is 1.13 bits per heavy atom. The van der Waals surface area contributed by atoms with Gasteiger partial charge in [-0.25, -0.2) is 0 Å². The standard InChI is InChI=1S/C30H41N3O6/c1-3-4-15-32(16-7-14-31)28(34)19-33-18-23(22-11-13-26-27(17-22)39-20-38-26)29(30(35)36)24(33)12-10-21-8-5-6-9-25(21)37-2/h5-6,8-9,11,13,17,23-24,29H,3-4,7,10,12,14-16,18-20,31H2,1-2H3,(H,35,36). The van der Waals surface area contributed by atoms with Gasteiger partial charge in [0.2, 0.25) is 12.7 Å². The Morgan fingerprint density at radius 2 is 1.90 bits per heavy atom. The van der Waals surface area contributed by atoms with Crippen molar-refractivity contribution in [2.45, 2.75) is 51.0 Å². The van der Waals surface area contributed by atoms with Gasteiger partial charge >= 0.3 is 5.97 Å². The number of hydrogen-bond donors (Lipinski definition) is 2. The molecule has 3 atom stereocenters. The van der Waals surface area contributed by atoms with E-state index in [4.69, 9.17) is 19.9 Å². The van der Waals surface area contributed by atoms with E-state index < -0.39 is 11.9 Å². The summed E-state index contributed by atoms with van der Waals surface area (Å²) in [4.78, 5) is 30.3. The maximum absolute atomic E-state index is 13.5. The minimum Gasteiger partial charge on any atom is -0.496 e. The van der Waals surface area contributed by atoms with Gasteiger partial charge in [0.05, 0.1) is 19.6 Å². The van der Waals surface area contributed by atoms with Crippen molar-refractivity contribution in [3.8, 4) is 17.2 Å². The molecular weight excluding hydrogens is 498 g/mol. The number of carboxylic acid groups (broad SMARTS) is 1. The number of aryl methyl sites for hydroxylation is 1. The Hall–Kier alpha value is -3.30. The first-order valence-corrected chi connectivity index (χ1v) is 13.9. The van der Waals surface area contributed by atoms with Crippen molar-refractivity contribution in [1.82, 2.24) is 9.80 Å². The molecule has 0 saturated carbocycles. The number of methoxy groups -OCH3 is 1. The minimum absolute atomic E-state index is 0.0228. The third-order valence-electron chi connectivity index (χ3n) is 7.86. The molecule has 4 rings (SSSR count). The second kappa shape index (κ2) is 13.7. The molecule has 0 aromatic heterocycles. The van der Waals surface area contributed by atoms with E-state index in [0.29, 0.717) is 50.5 Å². The SMILES string of the molecule is CCCCN(CCCN)C(=O)CN1CC(c2ccc3c(c2)OCO3)C(C(=O)O)C1CCc1ccccc1OC. The number of ether oxygens (including phenoxy) is 3. The lowest BCUT2D eigenvalue weighted by atomic mass is 9.83. The van der Waals surface area contributed by atoms with Crippen LogP contribution in [0.1, 0.15) is 49.7 Å². The molecule has 0 aliphatic carbocycles. The molecule has 2 aromatic rings. The minimum atomic E-state index is -0.858. The number of carbonyl (C=O) groups is 2. The molecule has 0 spiro atoms. The number of nitrogens with two attached hydrogens (primary N) is 1. The molecule has 2 heterocycles. The van der Waals surface area contributed by atoms with Crippen molar-refractivity contribution in [3.05, 3.63) is 53.6 Å². The molecule has 2 aliphatic rings. The number of amides is 1. The molecule has 0 bridgehead atoms. The van der Waals surface area contributed by atoms with Gasteiger partial charge in [-0.05, 0) is 61.6 Å². The lowest BCUT2D eigenvalue weighted by Crippen LogP contribution is -2.45. The van der Waals surface area contributed by atoms with Crippen molar-refractivity contribution in [1.29, 1.82) is 0 Å². The normalized spacial score (nSPS) is 20.2. The zero-order chi connectivity index (χ0) is 27.8. The highest BCUT2D eigenvalue weighted by atomic mass is 16.7. The summed E-state index contributed by atoms with van der Waals surface area (Å²) in [6.07, 6.45) is 3.88. The Balaban J connectivity index is 1.61. The summed E-state index contributed by atoms with van der Waals surface area (Å²) in [6, 6.07) is 13.1. The molecule has 1 amide bonds. The lowest BCUT2D eigenvalue weighted by molar-refractivity contribution is -0.143.